The highest BCUT2D eigenvalue weighted by atomic mass is 79.9. The first-order valence-electron chi connectivity index (χ1n) is 23.0. The largest absolute Gasteiger partial charge is 0.455 e. The van der Waals surface area contributed by atoms with Crippen molar-refractivity contribution in [2.75, 3.05) is 4.90 Å². The number of para-hydroxylation sites is 2. The average Bonchev–Trinajstić information content (AvgIpc) is 3.96. The summed E-state index contributed by atoms with van der Waals surface area (Å²) in [5.41, 5.74) is 16.8. The smallest absolute Gasteiger partial charge is 0.150 e. The fraction of sp³-hybridized carbons (Fsp3) is 0.213. The molecule has 0 radical (unpaired) electrons. The van der Waals surface area contributed by atoms with E-state index in [4.69, 9.17) is 8.83 Å². The summed E-state index contributed by atoms with van der Waals surface area (Å²) in [5, 5.41) is 4.30. The van der Waals surface area contributed by atoms with E-state index in [1.54, 1.807) is 0 Å². The van der Waals surface area contributed by atoms with Gasteiger partial charge in [-0.3, -0.25) is 0 Å². The maximum atomic E-state index is 7.06. The SMILES string of the molecule is CC(C)(C)c1ccc(N(c2ccc(C(C)(C)C)cc2)c2ccc(C3(c4ccc(C(C)(C)C)cc4)c4cc(Br)c5c(oc6ccccc65)c4-c4c3cc(Br)c3oc5ccccc5c43)cc2)cc1. The van der Waals surface area contributed by atoms with Gasteiger partial charge in [-0.1, -0.05) is 175 Å². The molecule has 1 aliphatic rings. The van der Waals surface area contributed by atoms with E-state index in [0.29, 0.717) is 0 Å². The van der Waals surface area contributed by atoms with Gasteiger partial charge in [-0.05, 0) is 132 Å². The molecule has 0 N–H and O–H groups in total. The van der Waals surface area contributed by atoms with Crippen LogP contribution in [0.5, 0.6) is 0 Å². The number of fused-ring (bicyclic) bond motifs is 11. The monoisotopic (exact) mass is 989 g/mol. The minimum Gasteiger partial charge on any atom is -0.455 e. The highest BCUT2D eigenvalue weighted by Gasteiger charge is 2.50. The minimum absolute atomic E-state index is 0.0210. The Morgan fingerprint density at radius 3 is 1.27 bits per heavy atom. The molecule has 1 unspecified atom stereocenters. The average molecular weight is 992 g/mol. The van der Waals surface area contributed by atoms with Gasteiger partial charge in [-0.25, -0.2) is 0 Å². The van der Waals surface area contributed by atoms with Gasteiger partial charge in [0.25, 0.3) is 0 Å². The molecule has 0 saturated carbocycles. The molecule has 8 aromatic carbocycles. The molecule has 3 nitrogen and oxygen atoms in total. The Morgan fingerprint density at radius 1 is 0.409 bits per heavy atom. The third-order valence-corrected chi connectivity index (χ3v) is 15.2. The molecule has 66 heavy (non-hydrogen) atoms. The third kappa shape index (κ3) is 6.55. The highest BCUT2D eigenvalue weighted by molar-refractivity contribution is 9.11. The second-order valence-corrected chi connectivity index (χ2v) is 22.9. The van der Waals surface area contributed by atoms with Gasteiger partial charge in [0.1, 0.15) is 22.3 Å². The van der Waals surface area contributed by atoms with E-state index in [9.17, 15) is 0 Å². The van der Waals surface area contributed by atoms with Gasteiger partial charge in [0, 0.05) is 54.2 Å². The van der Waals surface area contributed by atoms with Crippen LogP contribution >= 0.6 is 31.9 Å². The van der Waals surface area contributed by atoms with Crippen LogP contribution in [0.1, 0.15) is 101 Å². The second kappa shape index (κ2) is 15.1. The summed E-state index contributed by atoms with van der Waals surface area (Å²) >= 11 is 8.23. The molecule has 0 amide bonds. The Labute approximate surface area is 404 Å². The van der Waals surface area contributed by atoms with Crippen molar-refractivity contribution in [1.29, 1.82) is 0 Å². The van der Waals surface area contributed by atoms with Crippen molar-refractivity contribution in [2.24, 2.45) is 0 Å². The maximum absolute atomic E-state index is 7.06. The highest BCUT2D eigenvalue weighted by Crippen LogP contribution is 2.63. The number of rotatable bonds is 5. The van der Waals surface area contributed by atoms with Crippen LogP contribution in [0.4, 0.5) is 17.1 Å². The molecule has 0 fully saturated rings. The molecule has 2 heterocycles. The predicted octanol–water partition coefficient (Wildman–Crippen LogP) is 18.7. The van der Waals surface area contributed by atoms with Crippen LogP contribution in [-0.2, 0) is 21.7 Å². The number of hydrogen-bond donors (Lipinski definition) is 0. The summed E-state index contributed by atoms with van der Waals surface area (Å²) in [5.74, 6) is 0. The van der Waals surface area contributed by atoms with Crippen molar-refractivity contribution >= 4 is 92.8 Å². The molecule has 1 atom stereocenters. The van der Waals surface area contributed by atoms with Gasteiger partial charge in [-0.15, -0.1) is 0 Å². The van der Waals surface area contributed by atoms with Gasteiger partial charge >= 0.3 is 0 Å². The van der Waals surface area contributed by atoms with Crippen LogP contribution in [0.3, 0.4) is 0 Å². The topological polar surface area (TPSA) is 29.5 Å². The van der Waals surface area contributed by atoms with Gasteiger partial charge in [0.2, 0.25) is 0 Å². The van der Waals surface area contributed by atoms with Crippen molar-refractivity contribution in [3.8, 4) is 11.1 Å². The number of halogens is 2. The zero-order chi connectivity index (χ0) is 46.1. The third-order valence-electron chi connectivity index (χ3n) is 14.0. The van der Waals surface area contributed by atoms with Crippen molar-refractivity contribution in [2.45, 2.75) is 84.0 Å². The van der Waals surface area contributed by atoms with E-state index >= 15 is 0 Å². The van der Waals surface area contributed by atoms with Gasteiger partial charge in [-0.2, -0.15) is 0 Å². The first kappa shape index (κ1) is 42.7. The predicted molar refractivity (Wildman–Crippen MR) is 284 cm³/mol. The molecule has 5 heteroatoms. The Morgan fingerprint density at radius 2 is 0.788 bits per heavy atom. The quantitative estimate of drug-likeness (QED) is 0.172. The number of benzene rings is 8. The van der Waals surface area contributed by atoms with Gasteiger partial charge < -0.3 is 13.7 Å². The van der Waals surface area contributed by atoms with Gasteiger partial charge in [0.15, 0.2) is 0 Å². The molecular weight excluding hydrogens is 938 g/mol. The molecule has 11 rings (SSSR count). The van der Waals surface area contributed by atoms with Crippen molar-refractivity contribution in [3.63, 3.8) is 0 Å². The summed E-state index contributed by atoms with van der Waals surface area (Å²) in [6.07, 6.45) is 0. The molecular formula is C61H53Br2NO2. The summed E-state index contributed by atoms with van der Waals surface area (Å²) in [6, 6.07) is 58.3. The number of furan rings is 2. The van der Waals surface area contributed by atoms with E-state index in [1.165, 1.54) is 27.8 Å². The van der Waals surface area contributed by atoms with Crippen molar-refractivity contribution in [3.05, 3.63) is 206 Å². The van der Waals surface area contributed by atoms with E-state index in [-0.39, 0.29) is 16.2 Å². The standard InChI is InChI=1S/C61H53Br2NO2/c1-58(2,3)36-18-20-39(21-19-36)61(40-26-32-43(33-27-40)64(41-28-22-37(23-29-41)59(4,5)6)42-30-24-38(25-31-42)60(7,8)9)46-35-49(63)56-53(45-15-11-13-17-51(45)65-56)54(46)55-47(61)34-48(62)52-44-14-10-12-16-50(44)66-57(52)55/h10-35H,1-9H3. The summed E-state index contributed by atoms with van der Waals surface area (Å²) in [6.45, 7) is 20.5. The summed E-state index contributed by atoms with van der Waals surface area (Å²) < 4.78 is 15.7. The molecule has 0 aliphatic heterocycles. The van der Waals surface area contributed by atoms with Crippen LogP contribution in [0.25, 0.3) is 55.0 Å². The fourth-order valence-electron chi connectivity index (χ4n) is 10.5. The molecule has 0 spiro atoms. The van der Waals surface area contributed by atoms with E-state index in [1.807, 2.05) is 6.07 Å². The lowest BCUT2D eigenvalue weighted by Gasteiger charge is -2.35. The van der Waals surface area contributed by atoms with Crippen LogP contribution in [0.2, 0.25) is 0 Å². The van der Waals surface area contributed by atoms with Crippen LogP contribution < -0.4 is 4.90 Å². The lowest BCUT2D eigenvalue weighted by molar-refractivity contribution is 0.589. The molecule has 2 aromatic heterocycles. The summed E-state index contributed by atoms with van der Waals surface area (Å²) in [7, 11) is 0. The minimum atomic E-state index is -0.766. The first-order chi connectivity index (χ1) is 31.4. The first-order valence-corrected chi connectivity index (χ1v) is 24.5. The Hall–Kier alpha value is -5.88. The van der Waals surface area contributed by atoms with Crippen LogP contribution in [0.15, 0.2) is 176 Å². The number of nitrogens with zero attached hydrogens (tertiary/aromatic N) is 1. The Balaban J connectivity index is 1.22. The van der Waals surface area contributed by atoms with Crippen LogP contribution in [0, 0.1) is 0 Å². The fourth-order valence-corrected chi connectivity index (χ4v) is 11.6. The summed E-state index contributed by atoms with van der Waals surface area (Å²) in [4.78, 5) is 2.39. The normalized spacial score (nSPS) is 15.3. The molecule has 1 aliphatic carbocycles. The molecule has 0 bridgehead atoms. The van der Waals surface area contributed by atoms with Crippen molar-refractivity contribution < 1.29 is 8.83 Å². The lowest BCUT2D eigenvalue weighted by Crippen LogP contribution is -2.29. The van der Waals surface area contributed by atoms with E-state index in [0.717, 1.165) is 92.1 Å². The number of anilines is 3. The Kier molecular flexibility index (Phi) is 9.76. The molecule has 10 aromatic rings. The van der Waals surface area contributed by atoms with Gasteiger partial charge in [0.05, 0.1) is 9.89 Å². The Bertz CT molecular complexity index is 3460. The molecule has 0 saturated heterocycles. The van der Waals surface area contributed by atoms with Crippen LogP contribution in [-0.4, -0.2) is 0 Å². The second-order valence-electron chi connectivity index (χ2n) is 21.2. The maximum Gasteiger partial charge on any atom is 0.150 e. The van der Waals surface area contributed by atoms with E-state index < -0.39 is 5.41 Å². The van der Waals surface area contributed by atoms with Crippen molar-refractivity contribution in [1.82, 2.24) is 0 Å². The lowest BCUT2D eigenvalue weighted by atomic mass is 9.67. The number of hydrogen-bond acceptors (Lipinski definition) is 3. The molecule has 328 valence electrons. The zero-order valence-corrected chi connectivity index (χ0v) is 42.2. The zero-order valence-electron chi connectivity index (χ0n) is 39.0. The van der Waals surface area contributed by atoms with E-state index in [2.05, 4.69) is 251 Å².